The highest BCUT2D eigenvalue weighted by molar-refractivity contribution is 9.10. The topological polar surface area (TPSA) is 32.3 Å². The summed E-state index contributed by atoms with van der Waals surface area (Å²) in [4.78, 5) is 1.23. The van der Waals surface area contributed by atoms with E-state index in [1.165, 1.54) is 10.5 Å². The zero-order chi connectivity index (χ0) is 12.9. The van der Waals surface area contributed by atoms with Gasteiger partial charge in [0.05, 0.1) is 6.61 Å². The van der Waals surface area contributed by atoms with Crippen molar-refractivity contribution in [1.29, 1.82) is 0 Å². The highest BCUT2D eigenvalue weighted by Crippen LogP contribution is 2.26. The van der Waals surface area contributed by atoms with Crippen LogP contribution in [0.25, 0.3) is 0 Å². The predicted molar refractivity (Wildman–Crippen MR) is 78.5 cm³/mol. The van der Waals surface area contributed by atoms with E-state index < -0.39 is 0 Å². The largest absolute Gasteiger partial charge is 0.396 e. The van der Waals surface area contributed by atoms with Crippen molar-refractivity contribution in [3.8, 4) is 0 Å². The lowest BCUT2D eigenvalue weighted by Crippen LogP contribution is -2.35. The molecule has 2 nitrogen and oxygen atoms in total. The number of aliphatic hydroxyl groups is 1. The van der Waals surface area contributed by atoms with Crippen molar-refractivity contribution in [2.45, 2.75) is 37.8 Å². The van der Waals surface area contributed by atoms with E-state index in [1.807, 2.05) is 0 Å². The lowest BCUT2D eigenvalue weighted by molar-refractivity contribution is 0.322. The van der Waals surface area contributed by atoms with Crippen LogP contribution in [0.4, 0.5) is 0 Å². The first-order chi connectivity index (χ1) is 7.92. The average molecular weight is 318 g/mol. The Bertz CT molecular complexity index is 363. The molecule has 1 aromatic carbocycles. The van der Waals surface area contributed by atoms with Crippen LogP contribution in [0, 0.1) is 0 Å². The van der Waals surface area contributed by atoms with E-state index in [4.69, 9.17) is 5.11 Å². The van der Waals surface area contributed by atoms with Crippen molar-refractivity contribution < 1.29 is 5.11 Å². The van der Waals surface area contributed by atoms with Crippen LogP contribution in [0.3, 0.4) is 0 Å². The Morgan fingerprint density at radius 3 is 2.65 bits per heavy atom. The van der Waals surface area contributed by atoms with Crippen molar-refractivity contribution in [3.63, 3.8) is 0 Å². The maximum atomic E-state index is 8.90. The zero-order valence-corrected chi connectivity index (χ0v) is 13.0. The molecule has 17 heavy (non-hydrogen) atoms. The van der Waals surface area contributed by atoms with Crippen molar-refractivity contribution in [2.24, 2.45) is 0 Å². The van der Waals surface area contributed by atoms with Gasteiger partial charge in [0.15, 0.2) is 0 Å². The summed E-state index contributed by atoms with van der Waals surface area (Å²) in [5.74, 6) is 0.735. The van der Waals surface area contributed by atoms with E-state index in [0.717, 1.165) is 16.8 Å². The number of rotatable bonds is 5. The van der Waals surface area contributed by atoms with E-state index in [-0.39, 0.29) is 12.1 Å². The molecule has 0 spiro atoms. The second kappa shape index (κ2) is 6.78. The van der Waals surface area contributed by atoms with Crippen LogP contribution in [-0.4, -0.2) is 23.0 Å². The van der Waals surface area contributed by atoms with Crippen molar-refractivity contribution >= 4 is 27.7 Å². The fourth-order valence-electron chi connectivity index (χ4n) is 1.32. The Kier molecular flexibility index (Phi) is 6.00. The van der Waals surface area contributed by atoms with Gasteiger partial charge in [0.2, 0.25) is 0 Å². The summed E-state index contributed by atoms with van der Waals surface area (Å²) in [6.45, 7) is 7.54. The highest BCUT2D eigenvalue weighted by Gasteiger charge is 2.10. The maximum Gasteiger partial charge on any atom is 0.0525 e. The minimum atomic E-state index is 0.117. The van der Waals surface area contributed by atoms with Crippen LogP contribution in [0.1, 0.15) is 26.3 Å². The smallest absolute Gasteiger partial charge is 0.0525 e. The van der Waals surface area contributed by atoms with Gasteiger partial charge >= 0.3 is 0 Å². The molecule has 0 bridgehead atoms. The van der Waals surface area contributed by atoms with E-state index in [2.05, 4.69) is 60.2 Å². The highest BCUT2D eigenvalue weighted by atomic mass is 79.9. The van der Waals surface area contributed by atoms with E-state index in [0.29, 0.717) is 0 Å². The second-order valence-electron chi connectivity index (χ2n) is 4.93. The summed E-state index contributed by atoms with van der Waals surface area (Å²) in [6, 6.07) is 6.30. The van der Waals surface area contributed by atoms with Gasteiger partial charge in [-0.05, 0) is 38.5 Å². The number of hydrogen-bond donors (Lipinski definition) is 2. The third kappa shape index (κ3) is 5.91. The van der Waals surface area contributed by atoms with Gasteiger partial charge in [-0.2, -0.15) is 0 Å². The molecule has 0 fully saturated rings. The molecule has 0 saturated carbocycles. The zero-order valence-electron chi connectivity index (χ0n) is 10.6. The summed E-state index contributed by atoms with van der Waals surface area (Å²) in [7, 11) is 0. The molecule has 0 heterocycles. The standard InChI is InChI=1S/C13H20BrNOS/c1-13(2,3)15-9-10-4-5-11(14)8-12(10)17-7-6-16/h4-5,8,15-16H,6-7,9H2,1-3H3. The maximum absolute atomic E-state index is 8.90. The first-order valence-electron chi connectivity index (χ1n) is 5.69. The van der Waals surface area contributed by atoms with Gasteiger partial charge in [-0.3, -0.25) is 0 Å². The van der Waals surface area contributed by atoms with E-state index in [9.17, 15) is 0 Å². The molecule has 1 aromatic rings. The van der Waals surface area contributed by atoms with Crippen LogP contribution in [0.2, 0.25) is 0 Å². The van der Waals surface area contributed by atoms with Crippen LogP contribution in [-0.2, 0) is 6.54 Å². The Hall–Kier alpha value is -0.0300. The number of benzene rings is 1. The molecular formula is C13H20BrNOS. The number of hydrogen-bond acceptors (Lipinski definition) is 3. The second-order valence-corrected chi connectivity index (χ2v) is 6.98. The molecule has 4 heteroatoms. The van der Waals surface area contributed by atoms with Crippen molar-refractivity contribution in [2.75, 3.05) is 12.4 Å². The van der Waals surface area contributed by atoms with E-state index >= 15 is 0 Å². The molecule has 0 aromatic heterocycles. The molecular weight excluding hydrogens is 298 g/mol. The third-order valence-electron chi connectivity index (χ3n) is 2.19. The SMILES string of the molecule is CC(C)(C)NCc1ccc(Br)cc1SCCO. The molecule has 0 aliphatic rings. The number of aliphatic hydroxyl groups excluding tert-OH is 1. The van der Waals surface area contributed by atoms with Gasteiger partial charge in [-0.1, -0.05) is 22.0 Å². The van der Waals surface area contributed by atoms with Gasteiger partial charge < -0.3 is 10.4 Å². The normalized spacial score (nSPS) is 11.8. The Morgan fingerprint density at radius 1 is 1.35 bits per heavy atom. The molecule has 96 valence electrons. The summed E-state index contributed by atoms with van der Waals surface area (Å²) < 4.78 is 1.08. The minimum Gasteiger partial charge on any atom is -0.396 e. The molecule has 0 radical (unpaired) electrons. The van der Waals surface area contributed by atoms with Crippen LogP contribution in [0.15, 0.2) is 27.6 Å². The van der Waals surface area contributed by atoms with Gasteiger partial charge in [-0.15, -0.1) is 11.8 Å². The molecule has 0 aliphatic heterocycles. The molecule has 2 N–H and O–H groups in total. The van der Waals surface area contributed by atoms with E-state index in [1.54, 1.807) is 11.8 Å². The van der Waals surface area contributed by atoms with Crippen LogP contribution in [0.5, 0.6) is 0 Å². The Balaban J connectivity index is 2.75. The average Bonchev–Trinajstić information content (AvgIpc) is 2.23. The van der Waals surface area contributed by atoms with Crippen LogP contribution >= 0.6 is 27.7 Å². The number of thioether (sulfide) groups is 1. The summed E-state index contributed by atoms with van der Waals surface area (Å²) in [5, 5.41) is 12.4. The Morgan fingerprint density at radius 2 is 2.06 bits per heavy atom. The number of nitrogens with one attached hydrogen (secondary N) is 1. The number of halogens is 1. The van der Waals surface area contributed by atoms with Gasteiger partial charge in [0, 0.05) is 27.2 Å². The summed E-state index contributed by atoms with van der Waals surface area (Å²) in [6.07, 6.45) is 0. The fourth-order valence-corrected chi connectivity index (χ4v) is 2.68. The molecule has 0 saturated heterocycles. The lowest BCUT2D eigenvalue weighted by Gasteiger charge is -2.21. The monoisotopic (exact) mass is 317 g/mol. The fraction of sp³-hybridized carbons (Fsp3) is 0.538. The first-order valence-corrected chi connectivity index (χ1v) is 7.47. The van der Waals surface area contributed by atoms with Crippen molar-refractivity contribution in [3.05, 3.63) is 28.2 Å². The predicted octanol–water partition coefficient (Wildman–Crippen LogP) is 3.42. The quantitative estimate of drug-likeness (QED) is 0.816. The van der Waals surface area contributed by atoms with Gasteiger partial charge in [-0.25, -0.2) is 0 Å². The molecule has 0 amide bonds. The molecule has 0 unspecified atom stereocenters. The van der Waals surface area contributed by atoms with Gasteiger partial charge in [0.25, 0.3) is 0 Å². The first kappa shape index (κ1) is 15.0. The van der Waals surface area contributed by atoms with Crippen LogP contribution < -0.4 is 5.32 Å². The Labute approximate surface area is 116 Å². The molecule has 0 atom stereocenters. The third-order valence-corrected chi connectivity index (χ3v) is 3.76. The van der Waals surface area contributed by atoms with Crippen molar-refractivity contribution in [1.82, 2.24) is 5.32 Å². The minimum absolute atomic E-state index is 0.117. The lowest BCUT2D eigenvalue weighted by atomic mass is 10.1. The van der Waals surface area contributed by atoms with Gasteiger partial charge in [0.1, 0.15) is 0 Å². The molecule has 1 rings (SSSR count). The summed E-state index contributed by atoms with van der Waals surface area (Å²) >= 11 is 5.17. The summed E-state index contributed by atoms with van der Waals surface area (Å²) in [5.41, 5.74) is 1.40. The molecule has 0 aliphatic carbocycles.